The van der Waals surface area contributed by atoms with Crippen LogP contribution in [-0.4, -0.2) is 38.1 Å². The van der Waals surface area contributed by atoms with E-state index in [0.29, 0.717) is 11.1 Å². The van der Waals surface area contributed by atoms with Gasteiger partial charge in [0.1, 0.15) is 11.6 Å². The summed E-state index contributed by atoms with van der Waals surface area (Å²) < 4.78 is 16.1. The number of esters is 2. The minimum absolute atomic E-state index is 0.0200. The third kappa shape index (κ3) is 5.20. The molecule has 0 bridgehead atoms. The van der Waals surface area contributed by atoms with Crippen LogP contribution in [0.4, 0.5) is 0 Å². The average molecular weight is 484 g/mol. The Morgan fingerprint density at radius 3 is 2.03 bits per heavy atom. The topological polar surface area (TPSA) is 90.9 Å². The summed E-state index contributed by atoms with van der Waals surface area (Å²) in [5.41, 5.74) is 2.21. The van der Waals surface area contributed by atoms with Crippen LogP contribution in [0.2, 0.25) is 0 Å². The second kappa shape index (κ2) is 11.2. The molecule has 0 aliphatic carbocycles. The molecule has 0 saturated heterocycles. The fourth-order valence-corrected chi connectivity index (χ4v) is 4.00. The van der Waals surface area contributed by atoms with Gasteiger partial charge in [0.15, 0.2) is 11.5 Å². The molecule has 1 aliphatic heterocycles. The third-order valence-electron chi connectivity index (χ3n) is 5.69. The Bertz CT molecular complexity index is 1310. The zero-order chi connectivity index (χ0) is 25.5. The maximum Gasteiger partial charge on any atom is 0.348 e. The fourth-order valence-electron chi connectivity index (χ4n) is 4.00. The monoisotopic (exact) mass is 483 g/mol. The van der Waals surface area contributed by atoms with E-state index in [1.807, 2.05) is 36.4 Å². The first kappa shape index (κ1) is 24.5. The van der Waals surface area contributed by atoms with Crippen molar-refractivity contribution in [3.05, 3.63) is 119 Å². The van der Waals surface area contributed by atoms with Gasteiger partial charge in [0.2, 0.25) is 0 Å². The van der Waals surface area contributed by atoms with Crippen molar-refractivity contribution in [3.63, 3.8) is 0 Å². The second-order valence-corrected chi connectivity index (χ2v) is 7.97. The number of nitrogens with one attached hydrogen (secondary N) is 1. The molecule has 1 heterocycles. The molecule has 1 N–H and O–H groups in total. The number of amides is 1. The van der Waals surface area contributed by atoms with Gasteiger partial charge in [-0.2, -0.15) is 0 Å². The van der Waals surface area contributed by atoms with Crippen molar-refractivity contribution in [1.29, 1.82) is 0 Å². The van der Waals surface area contributed by atoms with E-state index in [1.165, 1.54) is 14.2 Å². The summed E-state index contributed by atoms with van der Waals surface area (Å²) in [6.45, 7) is 0. The molecule has 1 atom stereocenters. The van der Waals surface area contributed by atoms with Crippen LogP contribution >= 0.6 is 0 Å². The Kier molecular flexibility index (Phi) is 7.60. The van der Waals surface area contributed by atoms with E-state index in [1.54, 1.807) is 54.6 Å². The molecule has 182 valence electrons. The fraction of sp³-hybridized carbons (Fsp3) is 0.138. The summed E-state index contributed by atoms with van der Waals surface area (Å²) in [6, 6.07) is 26.0. The molecule has 0 aromatic heterocycles. The first-order valence-corrected chi connectivity index (χ1v) is 11.3. The molecule has 36 heavy (non-hydrogen) atoms. The Morgan fingerprint density at radius 1 is 0.861 bits per heavy atom. The highest BCUT2D eigenvalue weighted by Crippen LogP contribution is 2.38. The van der Waals surface area contributed by atoms with Gasteiger partial charge in [0, 0.05) is 6.42 Å². The maximum absolute atomic E-state index is 13.7. The molecular formula is C29H25NO6. The lowest BCUT2D eigenvalue weighted by Gasteiger charge is -2.19. The van der Waals surface area contributed by atoms with E-state index in [0.717, 1.165) is 5.56 Å². The Hall–Kier alpha value is -4.65. The highest BCUT2D eigenvalue weighted by molar-refractivity contribution is 6.26. The quantitative estimate of drug-likeness (QED) is 0.386. The molecule has 1 aliphatic rings. The molecule has 0 spiro atoms. The van der Waals surface area contributed by atoms with Gasteiger partial charge in [-0.05, 0) is 16.7 Å². The third-order valence-corrected chi connectivity index (χ3v) is 5.69. The minimum Gasteiger partial charge on any atom is -0.492 e. The van der Waals surface area contributed by atoms with Gasteiger partial charge in [-0.15, -0.1) is 0 Å². The largest absolute Gasteiger partial charge is 0.492 e. The number of methoxy groups -OCH3 is 2. The smallest absolute Gasteiger partial charge is 0.348 e. The molecule has 7 nitrogen and oxygen atoms in total. The molecule has 0 saturated carbocycles. The molecule has 3 aromatic carbocycles. The van der Waals surface area contributed by atoms with Crippen LogP contribution in [0, 0.1) is 0 Å². The highest BCUT2D eigenvalue weighted by atomic mass is 16.6. The van der Waals surface area contributed by atoms with Crippen LogP contribution in [0.15, 0.2) is 103 Å². The number of hydrogen-bond donors (Lipinski definition) is 1. The number of carbonyl (C=O) groups is 3. The lowest BCUT2D eigenvalue weighted by atomic mass is 9.99. The summed E-state index contributed by atoms with van der Waals surface area (Å²) in [7, 11) is 2.67. The predicted octanol–water partition coefficient (Wildman–Crippen LogP) is 3.91. The van der Waals surface area contributed by atoms with Gasteiger partial charge in [-0.25, -0.2) is 9.59 Å². The van der Waals surface area contributed by atoms with Crippen molar-refractivity contribution in [2.45, 2.75) is 12.5 Å². The number of rotatable bonds is 8. The van der Waals surface area contributed by atoms with Gasteiger partial charge in [0.05, 0.1) is 19.8 Å². The molecule has 0 radical (unpaired) electrons. The standard InChI is InChI=1S/C29H25NO6/c1-34-25-24(21-16-10-5-11-17-21)29(33)36-26(25)23(20-14-8-4-9-15-20)27(31)30-22(28(32)35-2)18-19-12-6-3-7-13-19/h3-17,22H,18H2,1-2H3,(H,30,31)/b26-23+. The van der Waals surface area contributed by atoms with Gasteiger partial charge in [0.25, 0.3) is 5.91 Å². The van der Waals surface area contributed by atoms with Crippen molar-refractivity contribution >= 4 is 29.0 Å². The average Bonchev–Trinajstić information content (AvgIpc) is 3.25. The van der Waals surface area contributed by atoms with Crippen LogP contribution < -0.4 is 5.32 Å². The first-order valence-electron chi connectivity index (χ1n) is 11.3. The summed E-state index contributed by atoms with van der Waals surface area (Å²) >= 11 is 0. The van der Waals surface area contributed by atoms with Crippen LogP contribution in [-0.2, 0) is 35.0 Å². The molecule has 1 amide bonds. The van der Waals surface area contributed by atoms with E-state index in [-0.39, 0.29) is 29.1 Å². The summed E-state index contributed by atoms with van der Waals surface area (Å²) in [5.74, 6) is -1.73. The number of ether oxygens (including phenoxy) is 3. The highest BCUT2D eigenvalue weighted by Gasteiger charge is 2.37. The second-order valence-electron chi connectivity index (χ2n) is 7.97. The summed E-state index contributed by atoms with van der Waals surface area (Å²) in [5, 5.41) is 2.76. The Morgan fingerprint density at radius 2 is 1.44 bits per heavy atom. The zero-order valence-corrected chi connectivity index (χ0v) is 19.9. The van der Waals surface area contributed by atoms with E-state index in [9.17, 15) is 14.4 Å². The van der Waals surface area contributed by atoms with Crippen molar-refractivity contribution in [2.24, 2.45) is 0 Å². The van der Waals surface area contributed by atoms with Crippen LogP contribution in [0.5, 0.6) is 0 Å². The number of benzene rings is 3. The van der Waals surface area contributed by atoms with Gasteiger partial charge in [-0.1, -0.05) is 91.0 Å². The Labute approximate surface area is 209 Å². The molecule has 7 heteroatoms. The SMILES string of the molecule is COC(=O)C(Cc1ccccc1)NC(=O)/C(=C1/OC(=O)C(c2ccccc2)=C1OC)c1ccccc1. The molecule has 4 rings (SSSR count). The number of hydrogen-bond acceptors (Lipinski definition) is 6. The maximum atomic E-state index is 13.7. The molecular weight excluding hydrogens is 458 g/mol. The van der Waals surface area contributed by atoms with E-state index < -0.39 is 23.9 Å². The zero-order valence-electron chi connectivity index (χ0n) is 19.9. The van der Waals surface area contributed by atoms with Crippen molar-refractivity contribution in [2.75, 3.05) is 14.2 Å². The van der Waals surface area contributed by atoms with Crippen LogP contribution in [0.3, 0.4) is 0 Å². The predicted molar refractivity (Wildman–Crippen MR) is 134 cm³/mol. The van der Waals surface area contributed by atoms with Gasteiger partial charge < -0.3 is 19.5 Å². The first-order chi connectivity index (χ1) is 17.5. The number of cyclic esters (lactones) is 1. The minimum atomic E-state index is -0.968. The van der Waals surface area contributed by atoms with Crippen molar-refractivity contribution < 1.29 is 28.6 Å². The van der Waals surface area contributed by atoms with E-state index in [2.05, 4.69) is 5.32 Å². The normalized spacial score (nSPS) is 15.1. The van der Waals surface area contributed by atoms with Crippen LogP contribution in [0.1, 0.15) is 16.7 Å². The van der Waals surface area contributed by atoms with Crippen molar-refractivity contribution in [3.8, 4) is 0 Å². The number of carbonyl (C=O) groups excluding carboxylic acids is 3. The molecule has 3 aromatic rings. The van der Waals surface area contributed by atoms with Crippen LogP contribution in [0.25, 0.3) is 11.1 Å². The van der Waals surface area contributed by atoms with Gasteiger partial charge >= 0.3 is 11.9 Å². The van der Waals surface area contributed by atoms with Gasteiger partial charge in [-0.3, -0.25) is 4.79 Å². The molecule has 0 fully saturated rings. The lowest BCUT2D eigenvalue weighted by Crippen LogP contribution is -2.43. The molecule has 1 unspecified atom stereocenters. The van der Waals surface area contributed by atoms with E-state index >= 15 is 0 Å². The van der Waals surface area contributed by atoms with Crippen molar-refractivity contribution in [1.82, 2.24) is 5.32 Å². The Balaban J connectivity index is 1.80. The summed E-state index contributed by atoms with van der Waals surface area (Å²) in [6.07, 6.45) is 0.221. The summed E-state index contributed by atoms with van der Waals surface area (Å²) in [4.78, 5) is 39.2. The van der Waals surface area contributed by atoms with E-state index in [4.69, 9.17) is 14.2 Å². The lowest BCUT2D eigenvalue weighted by molar-refractivity contribution is -0.144.